The molecule has 3 atom stereocenters. The Morgan fingerprint density at radius 3 is 3.05 bits per heavy atom. The number of aromatic nitrogens is 3. The van der Waals surface area contributed by atoms with E-state index in [4.69, 9.17) is 0 Å². The molecule has 0 amide bonds. The van der Waals surface area contributed by atoms with E-state index in [0.29, 0.717) is 6.04 Å². The van der Waals surface area contributed by atoms with Gasteiger partial charge in [0.2, 0.25) is 0 Å². The summed E-state index contributed by atoms with van der Waals surface area (Å²) < 4.78 is 0. The standard InChI is InChI=1S/C16H23N5/c1-20-6-4-11-7-13(8-12(11)9-20)21(2)16-14-3-5-17-15(14)18-10-19-16/h3,5,10-13H,4,6-9H2,1-2H3,(H,17,18,19). The van der Waals surface area contributed by atoms with Crippen molar-refractivity contribution in [3.05, 3.63) is 18.6 Å². The van der Waals surface area contributed by atoms with E-state index in [0.717, 1.165) is 28.7 Å². The molecule has 4 rings (SSSR count). The highest BCUT2D eigenvalue weighted by Gasteiger charge is 2.39. The molecule has 2 fully saturated rings. The fourth-order valence-corrected chi connectivity index (χ4v) is 4.26. The first kappa shape index (κ1) is 13.1. The van der Waals surface area contributed by atoms with Gasteiger partial charge in [0.05, 0.1) is 5.39 Å². The molecule has 0 radical (unpaired) electrons. The zero-order chi connectivity index (χ0) is 14.4. The second kappa shape index (κ2) is 4.98. The van der Waals surface area contributed by atoms with Crippen LogP contribution in [0.5, 0.6) is 0 Å². The Bertz CT molecular complexity index is 636. The fourth-order valence-electron chi connectivity index (χ4n) is 4.26. The molecule has 1 N–H and O–H groups in total. The maximum Gasteiger partial charge on any atom is 0.142 e. The number of fused-ring (bicyclic) bond motifs is 2. The van der Waals surface area contributed by atoms with E-state index in [1.165, 1.54) is 32.4 Å². The molecule has 2 aromatic rings. The van der Waals surface area contributed by atoms with Crippen LogP contribution in [0, 0.1) is 11.8 Å². The molecule has 1 saturated carbocycles. The first-order valence-electron chi connectivity index (χ1n) is 7.92. The van der Waals surface area contributed by atoms with Crippen molar-refractivity contribution in [2.45, 2.75) is 25.3 Å². The average Bonchev–Trinajstić information content (AvgIpc) is 3.11. The van der Waals surface area contributed by atoms with Gasteiger partial charge < -0.3 is 14.8 Å². The number of nitrogens with one attached hydrogen (secondary N) is 1. The number of nitrogens with zero attached hydrogens (tertiary/aromatic N) is 4. The van der Waals surface area contributed by atoms with Crippen LogP contribution in [0.4, 0.5) is 5.82 Å². The molecule has 0 bridgehead atoms. The van der Waals surface area contributed by atoms with Crippen molar-refractivity contribution in [1.82, 2.24) is 19.9 Å². The van der Waals surface area contributed by atoms with Gasteiger partial charge >= 0.3 is 0 Å². The molecule has 0 aromatic carbocycles. The second-order valence-electron chi connectivity index (χ2n) is 6.74. The van der Waals surface area contributed by atoms with Gasteiger partial charge in [0, 0.05) is 25.8 Å². The Morgan fingerprint density at radius 1 is 1.29 bits per heavy atom. The normalized spacial score (nSPS) is 29.7. The maximum atomic E-state index is 4.54. The van der Waals surface area contributed by atoms with E-state index in [1.807, 2.05) is 6.20 Å². The zero-order valence-electron chi connectivity index (χ0n) is 12.8. The number of likely N-dealkylation sites (tertiary alicyclic amines) is 1. The van der Waals surface area contributed by atoms with Gasteiger partial charge in [-0.15, -0.1) is 0 Å². The molecule has 1 saturated heterocycles. The largest absolute Gasteiger partial charge is 0.356 e. The highest BCUT2D eigenvalue weighted by molar-refractivity contribution is 5.87. The summed E-state index contributed by atoms with van der Waals surface area (Å²) in [6, 6.07) is 2.69. The summed E-state index contributed by atoms with van der Waals surface area (Å²) in [4.78, 5) is 16.9. The minimum atomic E-state index is 0.611. The van der Waals surface area contributed by atoms with Crippen LogP contribution in [0.3, 0.4) is 0 Å². The van der Waals surface area contributed by atoms with Crippen LogP contribution < -0.4 is 4.90 Å². The summed E-state index contributed by atoms with van der Waals surface area (Å²) in [5.74, 6) is 2.83. The lowest BCUT2D eigenvalue weighted by molar-refractivity contribution is 0.166. The monoisotopic (exact) mass is 285 g/mol. The Hall–Kier alpha value is -1.62. The molecule has 1 aliphatic carbocycles. The van der Waals surface area contributed by atoms with Gasteiger partial charge in [0.25, 0.3) is 0 Å². The summed E-state index contributed by atoms with van der Waals surface area (Å²) >= 11 is 0. The number of anilines is 1. The highest BCUT2D eigenvalue weighted by atomic mass is 15.2. The van der Waals surface area contributed by atoms with Crippen LogP contribution in [0.1, 0.15) is 19.3 Å². The Labute approximate surface area is 125 Å². The van der Waals surface area contributed by atoms with E-state index in [9.17, 15) is 0 Å². The quantitative estimate of drug-likeness (QED) is 0.918. The summed E-state index contributed by atoms with van der Waals surface area (Å²) in [7, 11) is 4.45. The summed E-state index contributed by atoms with van der Waals surface area (Å²) in [6.07, 6.45) is 7.57. The maximum absolute atomic E-state index is 4.54. The molecule has 5 nitrogen and oxygen atoms in total. The van der Waals surface area contributed by atoms with E-state index in [-0.39, 0.29) is 0 Å². The van der Waals surface area contributed by atoms with Crippen LogP contribution >= 0.6 is 0 Å². The van der Waals surface area contributed by atoms with Gasteiger partial charge in [-0.3, -0.25) is 0 Å². The van der Waals surface area contributed by atoms with Crippen LogP contribution in [0.15, 0.2) is 18.6 Å². The van der Waals surface area contributed by atoms with Crippen molar-refractivity contribution >= 4 is 16.9 Å². The molecule has 1 aliphatic heterocycles. The van der Waals surface area contributed by atoms with Crippen molar-refractivity contribution in [3.8, 4) is 0 Å². The third kappa shape index (κ3) is 2.20. The molecule has 3 heterocycles. The Balaban J connectivity index is 1.58. The predicted octanol–water partition coefficient (Wildman–Crippen LogP) is 2.12. The summed E-state index contributed by atoms with van der Waals surface area (Å²) in [6.45, 7) is 2.52. The minimum absolute atomic E-state index is 0.611. The Morgan fingerprint density at radius 2 is 2.14 bits per heavy atom. The van der Waals surface area contributed by atoms with Gasteiger partial charge in [0.15, 0.2) is 0 Å². The number of aromatic amines is 1. The minimum Gasteiger partial charge on any atom is -0.356 e. The van der Waals surface area contributed by atoms with Gasteiger partial charge in [-0.1, -0.05) is 0 Å². The highest BCUT2D eigenvalue weighted by Crippen LogP contribution is 2.41. The topological polar surface area (TPSA) is 48.1 Å². The molecule has 2 aliphatic rings. The molecule has 5 heteroatoms. The van der Waals surface area contributed by atoms with Gasteiger partial charge in [-0.2, -0.15) is 0 Å². The molecule has 0 spiro atoms. The van der Waals surface area contributed by atoms with E-state index in [1.54, 1.807) is 6.33 Å². The van der Waals surface area contributed by atoms with Gasteiger partial charge in [-0.05, 0) is 50.8 Å². The van der Waals surface area contributed by atoms with Gasteiger partial charge in [0.1, 0.15) is 17.8 Å². The van der Waals surface area contributed by atoms with Crippen molar-refractivity contribution in [3.63, 3.8) is 0 Å². The molecular formula is C16H23N5. The van der Waals surface area contributed by atoms with Crippen molar-refractivity contribution < 1.29 is 0 Å². The lowest BCUT2D eigenvalue weighted by Gasteiger charge is -2.32. The lowest BCUT2D eigenvalue weighted by atomic mass is 9.89. The SMILES string of the molecule is CN1CCC2CC(N(C)c3ncnc4[nH]ccc34)CC2C1. The number of hydrogen-bond donors (Lipinski definition) is 1. The van der Waals surface area contributed by atoms with E-state index in [2.05, 4.69) is 44.9 Å². The van der Waals surface area contributed by atoms with E-state index >= 15 is 0 Å². The predicted molar refractivity (Wildman–Crippen MR) is 84.4 cm³/mol. The number of rotatable bonds is 2. The first-order chi connectivity index (χ1) is 10.2. The Kier molecular flexibility index (Phi) is 3.10. The van der Waals surface area contributed by atoms with E-state index < -0.39 is 0 Å². The third-order valence-electron chi connectivity index (χ3n) is 5.46. The average molecular weight is 285 g/mol. The van der Waals surface area contributed by atoms with Crippen LogP contribution in [0.2, 0.25) is 0 Å². The van der Waals surface area contributed by atoms with Crippen molar-refractivity contribution in [2.24, 2.45) is 11.8 Å². The first-order valence-corrected chi connectivity index (χ1v) is 7.92. The number of piperidine rings is 1. The van der Waals surface area contributed by atoms with Crippen LogP contribution in [-0.4, -0.2) is 53.1 Å². The summed E-state index contributed by atoms with van der Waals surface area (Å²) in [5.41, 5.74) is 0.932. The van der Waals surface area contributed by atoms with Crippen LogP contribution in [-0.2, 0) is 0 Å². The fraction of sp³-hybridized carbons (Fsp3) is 0.625. The van der Waals surface area contributed by atoms with Crippen molar-refractivity contribution in [2.75, 3.05) is 32.1 Å². The zero-order valence-corrected chi connectivity index (χ0v) is 12.8. The van der Waals surface area contributed by atoms with Crippen LogP contribution in [0.25, 0.3) is 11.0 Å². The van der Waals surface area contributed by atoms with Gasteiger partial charge in [-0.25, -0.2) is 9.97 Å². The lowest BCUT2D eigenvalue weighted by Crippen LogP contribution is -2.35. The second-order valence-corrected chi connectivity index (χ2v) is 6.74. The van der Waals surface area contributed by atoms with Crippen molar-refractivity contribution in [1.29, 1.82) is 0 Å². The smallest absolute Gasteiger partial charge is 0.142 e. The molecule has 3 unspecified atom stereocenters. The molecule has 21 heavy (non-hydrogen) atoms. The number of hydrogen-bond acceptors (Lipinski definition) is 4. The molecule has 112 valence electrons. The third-order valence-corrected chi connectivity index (χ3v) is 5.46. The molecule has 2 aromatic heterocycles. The summed E-state index contributed by atoms with van der Waals surface area (Å²) in [5, 5.41) is 1.13. The number of H-pyrrole nitrogens is 1. The molecular weight excluding hydrogens is 262 g/mol.